The predicted octanol–water partition coefficient (Wildman–Crippen LogP) is 3.27. The molecule has 4 aliphatic rings. The van der Waals surface area contributed by atoms with Crippen LogP contribution in [0.25, 0.3) is 0 Å². The molecule has 1 N–H and O–H groups in total. The second-order valence-corrected chi connectivity index (χ2v) is 13.4. The average molecular weight is 629 g/mol. The van der Waals surface area contributed by atoms with Gasteiger partial charge in [0.15, 0.2) is 5.78 Å². The lowest BCUT2D eigenvalue weighted by atomic mass is 9.60. The van der Waals surface area contributed by atoms with Gasteiger partial charge >= 0.3 is 0 Å². The van der Waals surface area contributed by atoms with Gasteiger partial charge in [-0.3, -0.25) is 22.3 Å². The Bertz CT molecular complexity index is 928. The Labute approximate surface area is 234 Å². The van der Waals surface area contributed by atoms with Crippen molar-refractivity contribution in [1.82, 2.24) is 13.3 Å². The maximum atomic E-state index is 14.0. The Kier molecular flexibility index (Phi) is 8.35. The predicted molar refractivity (Wildman–Crippen MR) is 144 cm³/mol. The molecule has 0 aromatic rings. The molecule has 2 saturated heterocycles. The maximum absolute atomic E-state index is 14.0. The van der Waals surface area contributed by atoms with Gasteiger partial charge in [0.25, 0.3) is 5.91 Å². The largest absolute Gasteiger partial charge is 0.356 e. The first-order valence-electron chi connectivity index (χ1n) is 13.4. The lowest BCUT2D eigenvalue weighted by Gasteiger charge is -2.37. The molecule has 4 fully saturated rings. The van der Waals surface area contributed by atoms with E-state index in [0.29, 0.717) is 38.8 Å². The summed E-state index contributed by atoms with van der Waals surface area (Å²) < 4.78 is 20.4. The zero-order valence-corrected chi connectivity index (χ0v) is 24.2. The topological polar surface area (TPSA) is 96.0 Å². The maximum Gasteiger partial charge on any atom is 0.254 e. The molecule has 0 unspecified atom stereocenters. The third kappa shape index (κ3) is 6.86. The zero-order chi connectivity index (χ0) is 27.2. The molecular formula is C26H38BFIN3O5. The number of carbonyl (C=O) groups excluding carboxylic acids is 4. The number of hydrogen-bond acceptors (Lipinski definition) is 5. The lowest BCUT2D eigenvalue weighted by molar-refractivity contribution is -0.152. The van der Waals surface area contributed by atoms with Crippen molar-refractivity contribution in [2.75, 3.05) is 19.7 Å². The molecule has 2 radical (unpaired) electrons. The summed E-state index contributed by atoms with van der Waals surface area (Å²) in [5, 5.41) is 2.51. The van der Waals surface area contributed by atoms with E-state index < -0.39 is 36.2 Å². The van der Waals surface area contributed by atoms with Crippen LogP contribution in [0.5, 0.6) is 0 Å². The van der Waals surface area contributed by atoms with Gasteiger partial charge in [-0.2, -0.15) is 0 Å². The summed E-state index contributed by atoms with van der Waals surface area (Å²) in [5.74, 6) is -3.49. The second kappa shape index (κ2) is 10.7. The van der Waals surface area contributed by atoms with Crippen LogP contribution in [0.2, 0.25) is 5.31 Å². The summed E-state index contributed by atoms with van der Waals surface area (Å²) in [6, 6.07) is -1.60. The number of halogens is 2. The molecule has 11 heteroatoms. The zero-order valence-electron chi connectivity index (χ0n) is 22.1. The first-order chi connectivity index (χ1) is 17.2. The molecule has 37 heavy (non-hydrogen) atoms. The number of nitrogens with one attached hydrogen (secondary N) is 1. The summed E-state index contributed by atoms with van der Waals surface area (Å²) in [6.45, 7) is 5.01. The Morgan fingerprint density at radius 1 is 1.24 bits per heavy atom. The number of ketones is 1. The minimum atomic E-state index is -2.00. The van der Waals surface area contributed by atoms with Crippen molar-refractivity contribution >= 4 is 54.2 Å². The normalized spacial score (nSPS) is 31.8. The van der Waals surface area contributed by atoms with E-state index in [2.05, 4.69) is 5.32 Å². The molecule has 1 spiro atoms. The van der Waals surface area contributed by atoms with Gasteiger partial charge in [0.05, 0.1) is 30.7 Å². The van der Waals surface area contributed by atoms with Crippen molar-refractivity contribution in [3.63, 3.8) is 0 Å². The number of amides is 3. The first kappa shape index (κ1) is 28.8. The van der Waals surface area contributed by atoms with E-state index in [4.69, 9.17) is 12.6 Å². The van der Waals surface area contributed by atoms with E-state index in [1.807, 2.05) is 29.8 Å². The van der Waals surface area contributed by atoms with E-state index in [0.717, 1.165) is 25.7 Å². The van der Waals surface area contributed by atoms with Gasteiger partial charge in [0, 0.05) is 24.9 Å². The molecule has 4 rings (SSSR count). The van der Waals surface area contributed by atoms with Crippen LogP contribution >= 0.6 is 22.9 Å². The second-order valence-electron chi connectivity index (χ2n) is 12.4. The van der Waals surface area contributed by atoms with Crippen molar-refractivity contribution < 1.29 is 28.3 Å². The van der Waals surface area contributed by atoms with E-state index in [1.54, 1.807) is 4.90 Å². The van der Waals surface area contributed by atoms with Gasteiger partial charge in [0.1, 0.15) is 18.7 Å². The highest BCUT2D eigenvalue weighted by Gasteiger charge is 2.57. The Balaban J connectivity index is 1.50. The molecule has 0 aromatic heterocycles. The van der Waals surface area contributed by atoms with Gasteiger partial charge < -0.3 is 15.0 Å². The van der Waals surface area contributed by atoms with Gasteiger partial charge in [-0.05, 0) is 64.2 Å². The standard InChI is InChI=1S/C26H38BFIN3O5/c1-24(2,28)37-14-20(33)18(12-17-6-11-30-21(17)34)32(29)23(36)19-13-26(9-10-26)15-31(19)22(35)16-4-7-25(3,27)8-5-16/h16-19H,4-15H2,1-3H3,(H,30,34)/t16?,17-,18-,19-,25?/m0/s1. The van der Waals surface area contributed by atoms with Crippen LogP contribution in [0.3, 0.4) is 0 Å². The summed E-state index contributed by atoms with van der Waals surface area (Å²) >= 11 is 1.84. The molecule has 8 nitrogen and oxygen atoms in total. The van der Waals surface area contributed by atoms with Crippen LogP contribution in [0.1, 0.15) is 78.6 Å². The van der Waals surface area contributed by atoms with Gasteiger partial charge in [0.2, 0.25) is 17.7 Å². The van der Waals surface area contributed by atoms with E-state index >= 15 is 0 Å². The molecule has 0 bridgehead atoms. The smallest absolute Gasteiger partial charge is 0.254 e. The van der Waals surface area contributed by atoms with Crippen LogP contribution in [-0.2, 0) is 23.9 Å². The first-order valence-corrected chi connectivity index (χ1v) is 14.4. The summed E-state index contributed by atoms with van der Waals surface area (Å²) in [5.41, 5.74) is -0.0171. The highest BCUT2D eigenvalue weighted by atomic mass is 127. The van der Waals surface area contributed by atoms with E-state index in [9.17, 15) is 23.6 Å². The monoisotopic (exact) mass is 629 g/mol. The SMILES string of the molecule is [B]C1(C)CCC(C(=O)N2CC3(CC3)C[C@H]2C(=O)N(I)[C@@H](C[C@@H]2CCNC2=O)C(=O)COC(C)(C)F)CC1. The highest BCUT2D eigenvalue weighted by molar-refractivity contribution is 14.1. The number of nitrogens with zero attached hydrogens (tertiary/aromatic N) is 2. The Hall–Kier alpha value is -1.24. The molecule has 3 atom stereocenters. The molecule has 2 aliphatic heterocycles. The summed E-state index contributed by atoms with van der Waals surface area (Å²) in [6.07, 6.45) is 6.20. The number of likely N-dealkylation sites (tertiary alicyclic amines) is 1. The Morgan fingerprint density at radius 2 is 1.89 bits per heavy atom. The van der Waals surface area contributed by atoms with Crippen LogP contribution in [0.15, 0.2) is 0 Å². The third-order valence-corrected chi connectivity index (χ3v) is 9.74. The number of hydrogen-bond donors (Lipinski definition) is 1. The number of carbonyl (C=O) groups is 4. The summed E-state index contributed by atoms with van der Waals surface area (Å²) in [7, 11) is 6.27. The van der Waals surface area contributed by atoms with Crippen molar-refractivity contribution in [1.29, 1.82) is 0 Å². The van der Waals surface area contributed by atoms with Crippen molar-refractivity contribution in [2.45, 2.75) is 102 Å². The number of ether oxygens (including phenoxy) is 1. The number of alkyl halides is 1. The molecule has 3 amide bonds. The van der Waals surface area contributed by atoms with Crippen LogP contribution < -0.4 is 5.32 Å². The minimum Gasteiger partial charge on any atom is -0.356 e. The minimum absolute atomic E-state index is 0.00276. The molecule has 2 aliphatic carbocycles. The van der Waals surface area contributed by atoms with Crippen LogP contribution in [0, 0.1) is 17.3 Å². The molecule has 2 heterocycles. The van der Waals surface area contributed by atoms with Gasteiger partial charge in [-0.1, -0.05) is 25.1 Å². The average Bonchev–Trinajstić information content (AvgIpc) is 3.28. The fraction of sp³-hybridized carbons (Fsp3) is 0.846. The lowest BCUT2D eigenvalue weighted by Crippen LogP contribution is -2.52. The van der Waals surface area contributed by atoms with Crippen molar-refractivity contribution in [3.8, 4) is 0 Å². The van der Waals surface area contributed by atoms with E-state index in [-0.39, 0.29) is 40.8 Å². The molecular weight excluding hydrogens is 591 g/mol. The molecule has 2 saturated carbocycles. The van der Waals surface area contributed by atoms with E-state index in [1.165, 1.54) is 17.0 Å². The third-order valence-electron chi connectivity index (χ3n) is 8.59. The van der Waals surface area contributed by atoms with Crippen LogP contribution in [-0.4, -0.2) is 77.0 Å². The van der Waals surface area contributed by atoms with Gasteiger partial charge in [-0.15, -0.1) is 0 Å². The fourth-order valence-corrected chi connectivity index (χ4v) is 6.79. The number of rotatable bonds is 9. The quantitative estimate of drug-likeness (QED) is 0.240. The molecule has 0 aromatic carbocycles. The van der Waals surface area contributed by atoms with Gasteiger partial charge in [-0.25, -0.2) is 4.39 Å². The molecule has 204 valence electrons. The van der Waals surface area contributed by atoms with Crippen molar-refractivity contribution in [2.24, 2.45) is 17.3 Å². The van der Waals surface area contributed by atoms with Crippen LogP contribution in [0.4, 0.5) is 4.39 Å². The Morgan fingerprint density at radius 3 is 2.43 bits per heavy atom. The summed E-state index contributed by atoms with van der Waals surface area (Å²) in [4.78, 5) is 54.7. The highest BCUT2D eigenvalue weighted by Crippen LogP contribution is 2.56. The number of Topliss-reactive ketones (excluding diaryl/α,β-unsaturated/α-hetero) is 1. The van der Waals surface area contributed by atoms with Crippen molar-refractivity contribution in [3.05, 3.63) is 0 Å². The fourth-order valence-electron chi connectivity index (χ4n) is 5.93.